The third kappa shape index (κ3) is 1.79. The van der Waals surface area contributed by atoms with Crippen LogP contribution in [0.4, 0.5) is 0 Å². The first-order chi connectivity index (χ1) is 7.82. The number of carbonyl (C=O) groups is 1. The van der Waals surface area contributed by atoms with Crippen molar-refractivity contribution in [2.24, 2.45) is 5.73 Å². The number of H-pyrrole nitrogens is 1. The number of aromatic amines is 1. The highest BCUT2D eigenvalue weighted by atomic mass is 16.1. The highest BCUT2D eigenvalue weighted by molar-refractivity contribution is 6.05. The van der Waals surface area contributed by atoms with E-state index >= 15 is 0 Å². The van der Waals surface area contributed by atoms with Gasteiger partial charge in [-0.15, -0.1) is 0 Å². The Morgan fingerprint density at radius 3 is 2.53 bits per heavy atom. The molecule has 17 heavy (non-hydrogen) atoms. The van der Waals surface area contributed by atoms with Crippen molar-refractivity contribution in [3.63, 3.8) is 0 Å². The lowest BCUT2D eigenvalue weighted by molar-refractivity contribution is 0.0997. The first-order valence-corrected chi connectivity index (χ1v) is 5.60. The molecule has 0 spiro atoms. The van der Waals surface area contributed by atoms with Gasteiger partial charge in [-0.05, 0) is 29.5 Å². The van der Waals surface area contributed by atoms with E-state index < -0.39 is 5.91 Å². The largest absolute Gasteiger partial charge is 0.364 e. The second kappa shape index (κ2) is 3.58. The Morgan fingerprint density at radius 2 is 2.00 bits per heavy atom. The third-order valence-corrected chi connectivity index (χ3v) is 2.92. The first-order valence-electron chi connectivity index (χ1n) is 5.60. The molecule has 0 aliphatic heterocycles. The van der Waals surface area contributed by atoms with E-state index in [1.165, 1.54) is 0 Å². The fourth-order valence-corrected chi connectivity index (χ4v) is 2.36. The maximum Gasteiger partial charge on any atom is 0.269 e. The number of aromatic nitrogens is 2. The molecular weight excluding hydrogens is 214 g/mol. The van der Waals surface area contributed by atoms with Gasteiger partial charge in [0, 0.05) is 5.39 Å². The van der Waals surface area contributed by atoms with Crippen molar-refractivity contribution < 1.29 is 4.79 Å². The van der Waals surface area contributed by atoms with Gasteiger partial charge in [-0.2, -0.15) is 5.10 Å². The molecule has 1 heterocycles. The molecule has 1 amide bonds. The van der Waals surface area contributed by atoms with Crippen LogP contribution in [0.5, 0.6) is 0 Å². The van der Waals surface area contributed by atoms with Crippen LogP contribution in [-0.4, -0.2) is 16.1 Å². The lowest BCUT2D eigenvalue weighted by atomic mass is 9.81. The van der Waals surface area contributed by atoms with Crippen LogP contribution in [-0.2, 0) is 5.41 Å². The normalized spacial score (nSPS) is 12.0. The number of carbonyl (C=O) groups excluding carboxylic acids is 1. The van der Waals surface area contributed by atoms with E-state index in [0.29, 0.717) is 5.69 Å². The topological polar surface area (TPSA) is 71.8 Å². The number of rotatable bonds is 1. The second-order valence-corrected chi connectivity index (χ2v) is 5.37. The summed E-state index contributed by atoms with van der Waals surface area (Å²) in [5, 5.41) is 7.72. The summed E-state index contributed by atoms with van der Waals surface area (Å²) in [6, 6.07) is 3.96. The van der Waals surface area contributed by atoms with Crippen molar-refractivity contribution in [1.82, 2.24) is 10.2 Å². The molecule has 1 aromatic heterocycles. The van der Waals surface area contributed by atoms with Gasteiger partial charge >= 0.3 is 0 Å². The zero-order valence-electron chi connectivity index (χ0n) is 10.6. The summed E-state index contributed by atoms with van der Waals surface area (Å²) in [6.07, 6.45) is 0. The number of nitrogens with zero attached hydrogens (tertiary/aromatic N) is 1. The van der Waals surface area contributed by atoms with Gasteiger partial charge < -0.3 is 5.73 Å². The molecule has 3 N–H and O–H groups in total. The van der Waals surface area contributed by atoms with Gasteiger partial charge in [-0.1, -0.05) is 26.8 Å². The first kappa shape index (κ1) is 11.6. The maximum absolute atomic E-state index is 11.4. The molecule has 2 rings (SSSR count). The van der Waals surface area contributed by atoms with Gasteiger partial charge in [-0.3, -0.25) is 9.89 Å². The van der Waals surface area contributed by atoms with Gasteiger partial charge in [0.2, 0.25) is 0 Å². The lowest BCUT2D eigenvalue weighted by Crippen LogP contribution is -2.17. The Labute approximate surface area is 100 Å². The van der Waals surface area contributed by atoms with E-state index in [2.05, 4.69) is 31.0 Å². The minimum atomic E-state index is -0.493. The summed E-state index contributed by atoms with van der Waals surface area (Å²) in [6.45, 7) is 8.39. The summed E-state index contributed by atoms with van der Waals surface area (Å²) in [5.41, 5.74) is 8.76. The number of hydrogen-bond acceptors (Lipinski definition) is 2. The van der Waals surface area contributed by atoms with Gasteiger partial charge in [0.15, 0.2) is 5.69 Å². The van der Waals surface area contributed by atoms with Crippen LogP contribution in [0.25, 0.3) is 10.9 Å². The molecular formula is C13H17N3O. The zero-order chi connectivity index (χ0) is 12.8. The molecule has 0 aliphatic rings. The Hall–Kier alpha value is -1.84. The van der Waals surface area contributed by atoms with Gasteiger partial charge in [0.25, 0.3) is 5.91 Å². The van der Waals surface area contributed by atoms with E-state index in [9.17, 15) is 4.79 Å². The number of benzene rings is 1. The molecule has 0 saturated heterocycles. The summed E-state index contributed by atoms with van der Waals surface area (Å²) >= 11 is 0. The van der Waals surface area contributed by atoms with Crippen LogP contribution in [0.3, 0.4) is 0 Å². The summed E-state index contributed by atoms with van der Waals surface area (Å²) in [7, 11) is 0. The highest BCUT2D eigenvalue weighted by Gasteiger charge is 2.24. The lowest BCUT2D eigenvalue weighted by Gasteiger charge is -2.23. The maximum atomic E-state index is 11.4. The number of nitrogens with one attached hydrogen (secondary N) is 1. The average molecular weight is 231 g/mol. The van der Waals surface area contributed by atoms with Crippen molar-refractivity contribution in [3.05, 3.63) is 29.0 Å². The van der Waals surface area contributed by atoms with Crippen molar-refractivity contribution in [2.75, 3.05) is 0 Å². The van der Waals surface area contributed by atoms with E-state index in [0.717, 1.165) is 22.0 Å². The van der Waals surface area contributed by atoms with Crippen LogP contribution in [0.2, 0.25) is 0 Å². The zero-order valence-corrected chi connectivity index (χ0v) is 10.6. The van der Waals surface area contributed by atoms with E-state index in [-0.39, 0.29) is 5.41 Å². The Balaban J connectivity index is 2.92. The Morgan fingerprint density at radius 1 is 1.35 bits per heavy atom. The van der Waals surface area contributed by atoms with Gasteiger partial charge in [-0.25, -0.2) is 0 Å². The predicted octanol–water partition coefficient (Wildman–Crippen LogP) is 2.27. The molecule has 1 aromatic carbocycles. The molecule has 0 atom stereocenters. The number of hydrogen-bond donors (Lipinski definition) is 2. The minimum absolute atomic E-state index is 0.0579. The summed E-state index contributed by atoms with van der Waals surface area (Å²) in [4.78, 5) is 11.4. The minimum Gasteiger partial charge on any atom is -0.364 e. The number of primary amides is 1. The number of aryl methyl sites for hydroxylation is 1. The van der Waals surface area contributed by atoms with E-state index in [4.69, 9.17) is 5.73 Å². The molecule has 2 aromatic rings. The average Bonchev–Trinajstić information content (AvgIpc) is 2.58. The number of amides is 1. The monoisotopic (exact) mass is 231 g/mol. The fourth-order valence-electron chi connectivity index (χ4n) is 2.36. The Bertz CT molecular complexity index is 590. The molecule has 0 bridgehead atoms. The van der Waals surface area contributed by atoms with Crippen LogP contribution >= 0.6 is 0 Å². The molecule has 0 unspecified atom stereocenters. The molecule has 0 radical (unpaired) electrons. The van der Waals surface area contributed by atoms with Gasteiger partial charge in [0.1, 0.15) is 0 Å². The number of fused-ring (bicyclic) bond motifs is 1. The number of nitrogens with two attached hydrogens (primary N) is 1. The standard InChI is InChI=1S/C13H17N3O/c1-7-5-6-8-9(10(7)13(2,3)4)11(12(14)17)16-15-8/h5-6H,1-4H3,(H2,14,17)(H,15,16). The van der Waals surface area contributed by atoms with Crippen molar-refractivity contribution in [3.8, 4) is 0 Å². The molecule has 90 valence electrons. The van der Waals surface area contributed by atoms with E-state index in [1.807, 2.05) is 19.1 Å². The smallest absolute Gasteiger partial charge is 0.269 e. The van der Waals surface area contributed by atoms with Crippen LogP contribution in [0.15, 0.2) is 12.1 Å². The highest BCUT2D eigenvalue weighted by Crippen LogP contribution is 2.33. The van der Waals surface area contributed by atoms with Crippen molar-refractivity contribution in [1.29, 1.82) is 0 Å². The molecule has 0 fully saturated rings. The van der Waals surface area contributed by atoms with E-state index in [1.54, 1.807) is 0 Å². The molecule has 0 aliphatic carbocycles. The molecule has 4 nitrogen and oxygen atoms in total. The fraction of sp³-hybridized carbons (Fsp3) is 0.385. The predicted molar refractivity (Wildman–Crippen MR) is 68.0 cm³/mol. The SMILES string of the molecule is Cc1ccc2[nH]nc(C(N)=O)c2c1C(C)(C)C. The molecule has 4 heteroatoms. The summed E-state index contributed by atoms with van der Waals surface area (Å²) < 4.78 is 0. The summed E-state index contributed by atoms with van der Waals surface area (Å²) in [5.74, 6) is -0.493. The quantitative estimate of drug-likeness (QED) is 0.790. The van der Waals surface area contributed by atoms with Crippen LogP contribution < -0.4 is 5.73 Å². The van der Waals surface area contributed by atoms with Crippen molar-refractivity contribution >= 4 is 16.8 Å². The Kier molecular flexibility index (Phi) is 2.45. The molecule has 0 saturated carbocycles. The van der Waals surface area contributed by atoms with Crippen LogP contribution in [0.1, 0.15) is 42.4 Å². The third-order valence-electron chi connectivity index (χ3n) is 2.92. The van der Waals surface area contributed by atoms with Crippen LogP contribution in [0, 0.1) is 6.92 Å². The van der Waals surface area contributed by atoms with Crippen molar-refractivity contribution in [2.45, 2.75) is 33.1 Å². The van der Waals surface area contributed by atoms with Gasteiger partial charge in [0.05, 0.1) is 5.52 Å². The second-order valence-electron chi connectivity index (χ2n) is 5.37.